The van der Waals surface area contributed by atoms with E-state index in [1.807, 2.05) is 4.98 Å². The number of aryl methyl sites for hydroxylation is 1. The van der Waals surface area contributed by atoms with Crippen molar-refractivity contribution in [1.29, 1.82) is 0 Å². The number of aromatic amines is 1. The van der Waals surface area contributed by atoms with Crippen molar-refractivity contribution < 1.29 is 8.78 Å². The van der Waals surface area contributed by atoms with Crippen molar-refractivity contribution in [2.24, 2.45) is 7.05 Å². The predicted molar refractivity (Wildman–Crippen MR) is 46.8 cm³/mol. The summed E-state index contributed by atoms with van der Waals surface area (Å²) in [5, 5.41) is 0. The second-order valence-electron chi connectivity index (χ2n) is 2.92. The Labute approximate surface area is 80.8 Å². The van der Waals surface area contributed by atoms with Gasteiger partial charge in [-0.15, -0.1) is 0 Å². The zero-order valence-corrected chi connectivity index (χ0v) is 7.57. The lowest BCUT2D eigenvalue weighted by molar-refractivity contribution is 0.0734. The molecule has 0 aromatic carbocycles. The molecule has 1 N–H and O–H groups in total. The Balaban J connectivity index is 3.02. The van der Waals surface area contributed by atoms with Gasteiger partial charge in [0, 0.05) is 7.05 Å². The molecule has 8 heteroatoms. The van der Waals surface area contributed by atoms with Crippen LogP contribution in [0.4, 0.5) is 8.78 Å². The van der Waals surface area contributed by atoms with Gasteiger partial charge in [-0.05, 0) is 0 Å². The highest BCUT2D eigenvalue weighted by molar-refractivity contribution is 5.69. The Morgan fingerprint density at radius 1 is 1.47 bits per heavy atom. The first-order valence-corrected chi connectivity index (χ1v) is 3.96. The van der Waals surface area contributed by atoms with Gasteiger partial charge >= 0.3 is 12.2 Å². The van der Waals surface area contributed by atoms with E-state index in [9.17, 15) is 18.4 Å². The van der Waals surface area contributed by atoms with Crippen molar-refractivity contribution in [1.82, 2.24) is 19.1 Å². The van der Waals surface area contributed by atoms with Gasteiger partial charge in [0.05, 0.1) is 0 Å². The summed E-state index contributed by atoms with van der Waals surface area (Å²) >= 11 is 0. The molecule has 2 aromatic rings. The molecular formula is C7H6F2N4O2. The number of nitrogens with one attached hydrogen (secondary N) is 1. The zero-order chi connectivity index (χ0) is 11.2. The van der Waals surface area contributed by atoms with Crippen molar-refractivity contribution >= 4 is 11.2 Å². The van der Waals surface area contributed by atoms with E-state index in [2.05, 4.69) is 4.98 Å². The van der Waals surface area contributed by atoms with Gasteiger partial charge in [0.2, 0.25) is 0 Å². The number of hydrogen-bond acceptors (Lipinski definition) is 3. The molecule has 0 spiro atoms. The van der Waals surface area contributed by atoms with Crippen LogP contribution < -0.4 is 11.2 Å². The predicted octanol–water partition coefficient (Wildman–Crippen LogP) is -0.182. The van der Waals surface area contributed by atoms with Gasteiger partial charge in [0.25, 0.3) is 5.56 Å². The van der Waals surface area contributed by atoms with Gasteiger partial charge in [-0.1, -0.05) is 0 Å². The molecule has 0 bridgehead atoms. The normalized spacial score (nSPS) is 11.5. The molecule has 0 radical (unpaired) electrons. The smallest absolute Gasteiger partial charge is 0.281 e. The Morgan fingerprint density at radius 3 is 2.73 bits per heavy atom. The van der Waals surface area contributed by atoms with E-state index < -0.39 is 17.8 Å². The lowest BCUT2D eigenvalue weighted by atomic mass is 10.5. The molecule has 0 atom stereocenters. The molecule has 80 valence electrons. The molecule has 0 aliphatic rings. The van der Waals surface area contributed by atoms with Crippen molar-refractivity contribution in [2.45, 2.75) is 6.55 Å². The second-order valence-corrected chi connectivity index (χ2v) is 2.92. The topological polar surface area (TPSA) is 72.7 Å². The van der Waals surface area contributed by atoms with E-state index in [1.54, 1.807) is 0 Å². The summed E-state index contributed by atoms with van der Waals surface area (Å²) in [6.07, 6.45) is 0.823. The third-order valence-electron chi connectivity index (χ3n) is 2.04. The van der Waals surface area contributed by atoms with Crippen LogP contribution in [0, 0.1) is 0 Å². The van der Waals surface area contributed by atoms with Crippen LogP contribution in [-0.4, -0.2) is 19.1 Å². The first-order chi connectivity index (χ1) is 7.02. The van der Waals surface area contributed by atoms with Gasteiger partial charge in [0.15, 0.2) is 11.2 Å². The lowest BCUT2D eigenvalue weighted by Crippen LogP contribution is -2.29. The molecule has 0 amide bonds. The van der Waals surface area contributed by atoms with Crippen LogP contribution in [0.25, 0.3) is 11.2 Å². The highest BCUT2D eigenvalue weighted by Crippen LogP contribution is 2.15. The molecular weight excluding hydrogens is 210 g/mol. The average molecular weight is 216 g/mol. The number of aromatic nitrogens is 4. The first kappa shape index (κ1) is 9.56. The Hall–Kier alpha value is -1.99. The SMILES string of the molecule is Cn1c(=O)[nH]c(=O)c2ncn(C(F)F)c21. The van der Waals surface area contributed by atoms with Crippen LogP contribution in [0.5, 0.6) is 0 Å². The van der Waals surface area contributed by atoms with Gasteiger partial charge < -0.3 is 0 Å². The number of nitrogens with zero attached hydrogens (tertiary/aromatic N) is 3. The summed E-state index contributed by atoms with van der Waals surface area (Å²) in [5.74, 6) is 0. The molecule has 0 saturated heterocycles. The summed E-state index contributed by atoms with van der Waals surface area (Å²) in [6, 6.07) is 0. The minimum atomic E-state index is -2.85. The van der Waals surface area contributed by atoms with Gasteiger partial charge in [0.1, 0.15) is 6.33 Å². The molecule has 6 nitrogen and oxygen atoms in total. The van der Waals surface area contributed by atoms with Crippen LogP contribution in [0.1, 0.15) is 6.55 Å². The fourth-order valence-electron chi connectivity index (χ4n) is 1.33. The number of H-pyrrole nitrogens is 1. The molecule has 0 aliphatic carbocycles. The highest BCUT2D eigenvalue weighted by atomic mass is 19.3. The summed E-state index contributed by atoms with van der Waals surface area (Å²) in [6.45, 7) is -2.85. The lowest BCUT2D eigenvalue weighted by Gasteiger charge is -2.04. The van der Waals surface area contributed by atoms with E-state index >= 15 is 0 Å². The summed E-state index contributed by atoms with van der Waals surface area (Å²) in [4.78, 5) is 27.8. The quantitative estimate of drug-likeness (QED) is 0.718. The van der Waals surface area contributed by atoms with Crippen molar-refractivity contribution in [3.8, 4) is 0 Å². The fraction of sp³-hybridized carbons (Fsp3) is 0.286. The third-order valence-corrected chi connectivity index (χ3v) is 2.04. The van der Waals surface area contributed by atoms with Crippen molar-refractivity contribution in [3.05, 3.63) is 27.2 Å². The largest absolute Gasteiger partial charge is 0.329 e. The monoisotopic (exact) mass is 216 g/mol. The van der Waals surface area contributed by atoms with Gasteiger partial charge in [-0.25, -0.2) is 9.78 Å². The van der Waals surface area contributed by atoms with Crippen LogP contribution in [0.3, 0.4) is 0 Å². The molecule has 0 aliphatic heterocycles. The third kappa shape index (κ3) is 1.25. The minimum Gasteiger partial charge on any atom is -0.281 e. The van der Waals surface area contributed by atoms with Gasteiger partial charge in [-0.3, -0.25) is 18.9 Å². The number of fused-ring (bicyclic) bond motifs is 1. The van der Waals surface area contributed by atoms with Crippen molar-refractivity contribution in [2.75, 3.05) is 0 Å². The summed E-state index contributed by atoms with van der Waals surface area (Å²) < 4.78 is 26.3. The molecule has 0 unspecified atom stereocenters. The van der Waals surface area contributed by atoms with E-state index in [0.717, 1.165) is 10.9 Å². The van der Waals surface area contributed by atoms with Crippen LogP contribution in [-0.2, 0) is 7.05 Å². The summed E-state index contributed by atoms with van der Waals surface area (Å²) in [7, 11) is 1.28. The number of rotatable bonds is 1. The van der Waals surface area contributed by atoms with E-state index in [-0.39, 0.29) is 11.2 Å². The Bertz CT molecular complexity index is 624. The summed E-state index contributed by atoms with van der Waals surface area (Å²) in [5.41, 5.74) is -1.90. The minimum absolute atomic E-state index is 0.183. The standard InChI is InChI=1S/C7H6F2N4O2/c1-12-5-3(4(14)11-7(12)15)10-2-13(5)6(8)9/h2,6H,1H3,(H,11,14,15). The maximum atomic E-state index is 12.5. The highest BCUT2D eigenvalue weighted by Gasteiger charge is 2.16. The zero-order valence-electron chi connectivity index (χ0n) is 7.57. The van der Waals surface area contributed by atoms with E-state index in [4.69, 9.17) is 0 Å². The second kappa shape index (κ2) is 3.01. The first-order valence-electron chi connectivity index (χ1n) is 3.96. The molecule has 2 heterocycles. The van der Waals surface area contributed by atoms with Gasteiger partial charge in [-0.2, -0.15) is 8.78 Å². The number of halogens is 2. The molecule has 0 saturated carbocycles. The molecule has 15 heavy (non-hydrogen) atoms. The number of imidazole rings is 1. The number of hydrogen-bond donors (Lipinski definition) is 1. The maximum absolute atomic E-state index is 12.5. The van der Waals surface area contributed by atoms with Crippen LogP contribution in [0.15, 0.2) is 15.9 Å². The average Bonchev–Trinajstić information content (AvgIpc) is 2.58. The number of alkyl halides is 2. The molecule has 0 fully saturated rings. The maximum Gasteiger partial charge on any atom is 0.329 e. The van der Waals surface area contributed by atoms with E-state index in [0.29, 0.717) is 4.57 Å². The fourth-order valence-corrected chi connectivity index (χ4v) is 1.33. The van der Waals surface area contributed by atoms with Crippen molar-refractivity contribution in [3.63, 3.8) is 0 Å². The Kier molecular flexibility index (Phi) is 1.92. The molecule has 2 aromatic heterocycles. The van der Waals surface area contributed by atoms with Crippen LogP contribution in [0.2, 0.25) is 0 Å². The molecule has 2 rings (SSSR count). The van der Waals surface area contributed by atoms with E-state index in [1.165, 1.54) is 7.05 Å². The van der Waals surface area contributed by atoms with Crippen LogP contribution >= 0.6 is 0 Å². The Morgan fingerprint density at radius 2 is 2.13 bits per heavy atom.